The van der Waals surface area contributed by atoms with Crippen LogP contribution in [0.4, 0.5) is 5.82 Å². The fourth-order valence-corrected chi connectivity index (χ4v) is 3.46. The number of phenolic OH excluding ortho intramolecular Hbond substituents is 2. The van der Waals surface area contributed by atoms with Crippen LogP contribution in [0.25, 0.3) is 10.9 Å². The Hall–Kier alpha value is -3.80. The molecule has 0 aliphatic rings. The number of aryl methyl sites for hydroxylation is 1. The van der Waals surface area contributed by atoms with Crippen molar-refractivity contribution in [3.63, 3.8) is 0 Å². The Labute approximate surface area is 174 Å². The highest BCUT2D eigenvalue weighted by Gasteiger charge is 2.22. The van der Waals surface area contributed by atoms with Crippen LogP contribution in [0.1, 0.15) is 29.7 Å². The summed E-state index contributed by atoms with van der Waals surface area (Å²) >= 11 is 0. The third kappa shape index (κ3) is 3.85. The van der Waals surface area contributed by atoms with Crippen molar-refractivity contribution in [2.24, 2.45) is 0 Å². The van der Waals surface area contributed by atoms with E-state index in [-0.39, 0.29) is 11.5 Å². The molecule has 2 aromatic carbocycles. The molecule has 152 valence electrons. The average molecular weight is 401 g/mol. The Balaban J connectivity index is 1.86. The number of rotatable bonds is 6. The molecule has 3 N–H and O–H groups in total. The van der Waals surface area contributed by atoms with E-state index in [1.165, 1.54) is 0 Å². The second-order valence-corrected chi connectivity index (χ2v) is 7.03. The van der Waals surface area contributed by atoms with Crippen molar-refractivity contribution in [1.82, 2.24) is 9.97 Å². The summed E-state index contributed by atoms with van der Waals surface area (Å²) < 4.78 is 5.56. The van der Waals surface area contributed by atoms with Gasteiger partial charge in [-0.2, -0.15) is 0 Å². The molecule has 0 fully saturated rings. The second-order valence-electron chi connectivity index (χ2n) is 7.03. The van der Waals surface area contributed by atoms with E-state index in [9.17, 15) is 10.2 Å². The number of aromatic nitrogens is 2. The zero-order valence-corrected chi connectivity index (χ0v) is 16.8. The lowest BCUT2D eigenvalue weighted by Crippen LogP contribution is -2.14. The zero-order chi connectivity index (χ0) is 21.1. The Morgan fingerprint density at radius 1 is 1.00 bits per heavy atom. The third-order valence-electron chi connectivity index (χ3n) is 4.91. The fourth-order valence-electron chi connectivity index (χ4n) is 3.46. The molecule has 0 aliphatic heterocycles. The average Bonchev–Trinajstić information content (AvgIpc) is 2.75. The molecular formula is C24H23N3O3. The van der Waals surface area contributed by atoms with Gasteiger partial charge in [0.2, 0.25) is 0 Å². The number of hydrogen-bond donors (Lipinski definition) is 3. The summed E-state index contributed by atoms with van der Waals surface area (Å²) in [5.41, 5.74) is 3.06. The van der Waals surface area contributed by atoms with E-state index in [0.717, 1.165) is 16.5 Å². The van der Waals surface area contributed by atoms with Gasteiger partial charge < -0.3 is 20.3 Å². The molecule has 6 nitrogen and oxygen atoms in total. The van der Waals surface area contributed by atoms with E-state index in [4.69, 9.17) is 4.74 Å². The summed E-state index contributed by atoms with van der Waals surface area (Å²) in [4.78, 5) is 8.75. The smallest absolute Gasteiger partial charge is 0.161 e. The maximum atomic E-state index is 11.0. The lowest BCUT2D eigenvalue weighted by atomic mass is 9.95. The predicted molar refractivity (Wildman–Crippen MR) is 117 cm³/mol. The Morgan fingerprint density at radius 2 is 1.87 bits per heavy atom. The molecule has 4 aromatic rings. The lowest BCUT2D eigenvalue weighted by molar-refractivity contribution is 0.317. The summed E-state index contributed by atoms with van der Waals surface area (Å²) in [5.74, 6) is 1.23. The fraction of sp³-hybridized carbons (Fsp3) is 0.167. The molecule has 0 spiro atoms. The van der Waals surface area contributed by atoms with Gasteiger partial charge in [0.05, 0.1) is 12.6 Å². The summed E-state index contributed by atoms with van der Waals surface area (Å²) in [6.45, 7) is 4.28. The molecule has 0 unspecified atom stereocenters. The van der Waals surface area contributed by atoms with Crippen LogP contribution < -0.4 is 10.1 Å². The van der Waals surface area contributed by atoms with E-state index in [2.05, 4.69) is 15.3 Å². The molecule has 6 heteroatoms. The van der Waals surface area contributed by atoms with Crippen molar-refractivity contribution >= 4 is 16.7 Å². The molecule has 0 saturated heterocycles. The third-order valence-corrected chi connectivity index (χ3v) is 4.91. The highest BCUT2D eigenvalue weighted by atomic mass is 16.5. The van der Waals surface area contributed by atoms with Gasteiger partial charge in [0.1, 0.15) is 17.1 Å². The van der Waals surface area contributed by atoms with E-state index in [1.807, 2.05) is 50.2 Å². The maximum Gasteiger partial charge on any atom is 0.161 e. The number of hydrogen-bond acceptors (Lipinski definition) is 6. The molecule has 0 saturated carbocycles. The quantitative estimate of drug-likeness (QED) is 0.424. The monoisotopic (exact) mass is 401 g/mol. The minimum atomic E-state index is -0.439. The van der Waals surface area contributed by atoms with E-state index < -0.39 is 6.04 Å². The summed E-state index contributed by atoms with van der Waals surface area (Å²) in [6.07, 6.45) is 3.39. The maximum absolute atomic E-state index is 11.0. The topological polar surface area (TPSA) is 87.5 Å². The lowest BCUT2D eigenvalue weighted by Gasteiger charge is -2.23. The van der Waals surface area contributed by atoms with E-state index in [1.54, 1.807) is 30.6 Å². The first-order chi connectivity index (χ1) is 14.6. The van der Waals surface area contributed by atoms with Gasteiger partial charge in [-0.05, 0) is 55.3 Å². The molecular weight excluding hydrogens is 378 g/mol. The van der Waals surface area contributed by atoms with Crippen molar-refractivity contribution in [3.8, 4) is 17.2 Å². The summed E-state index contributed by atoms with van der Waals surface area (Å²) in [6, 6.07) is 16.1. The number of nitrogens with zero attached hydrogens (tertiary/aromatic N) is 2. The van der Waals surface area contributed by atoms with Gasteiger partial charge in [0.15, 0.2) is 11.5 Å². The molecule has 0 radical (unpaired) electrons. The summed E-state index contributed by atoms with van der Waals surface area (Å²) in [7, 11) is 0. The largest absolute Gasteiger partial charge is 0.505 e. The Kier molecular flexibility index (Phi) is 5.39. The normalized spacial score (nSPS) is 11.9. The molecule has 0 bridgehead atoms. The number of ether oxygens (including phenoxy) is 1. The Bertz CT molecular complexity index is 1190. The summed E-state index contributed by atoms with van der Waals surface area (Å²) in [5, 5.41) is 25.4. The first kappa shape index (κ1) is 19.5. The number of benzene rings is 2. The second kappa shape index (κ2) is 8.29. The molecule has 4 rings (SSSR count). The number of fused-ring (bicyclic) bond motifs is 1. The molecule has 0 amide bonds. The minimum absolute atomic E-state index is 0.0671. The molecule has 2 aromatic heterocycles. The van der Waals surface area contributed by atoms with Crippen molar-refractivity contribution in [2.45, 2.75) is 19.9 Å². The van der Waals surface area contributed by atoms with Crippen molar-refractivity contribution in [1.29, 1.82) is 0 Å². The molecule has 0 aliphatic carbocycles. The van der Waals surface area contributed by atoms with Gasteiger partial charge in [-0.3, -0.25) is 4.98 Å². The van der Waals surface area contributed by atoms with Crippen LogP contribution in [0.5, 0.6) is 17.2 Å². The highest BCUT2D eigenvalue weighted by molar-refractivity contribution is 5.86. The van der Waals surface area contributed by atoms with Crippen LogP contribution in [0.15, 0.2) is 67.0 Å². The standard InChI is InChI=1S/C24H23N3O3/c1-3-30-20-14-17(7-9-19(20)28)22(27-21-13-15(2)10-12-25-21)18-8-6-16-5-4-11-26-23(16)24(18)29/h4-14,22,28-29H,3H2,1-2H3,(H,25,27)/t22-/m0/s1. The van der Waals surface area contributed by atoms with Crippen LogP contribution in [0.2, 0.25) is 0 Å². The SMILES string of the molecule is CCOc1cc([C@H](Nc2cc(C)ccn2)c2ccc3cccnc3c2O)ccc1O. The first-order valence-electron chi connectivity index (χ1n) is 9.78. The van der Waals surface area contributed by atoms with Crippen molar-refractivity contribution in [3.05, 3.63) is 83.7 Å². The van der Waals surface area contributed by atoms with Gasteiger partial charge >= 0.3 is 0 Å². The van der Waals surface area contributed by atoms with Crippen LogP contribution in [-0.4, -0.2) is 26.8 Å². The van der Waals surface area contributed by atoms with Crippen molar-refractivity contribution < 1.29 is 14.9 Å². The zero-order valence-electron chi connectivity index (χ0n) is 16.8. The highest BCUT2D eigenvalue weighted by Crippen LogP contribution is 2.38. The number of pyridine rings is 2. The number of phenols is 2. The predicted octanol–water partition coefficient (Wildman–Crippen LogP) is 4.95. The minimum Gasteiger partial charge on any atom is -0.505 e. The molecule has 1 atom stereocenters. The number of aromatic hydroxyl groups is 2. The molecule has 30 heavy (non-hydrogen) atoms. The van der Waals surface area contributed by atoms with Crippen LogP contribution in [0, 0.1) is 6.92 Å². The van der Waals surface area contributed by atoms with Crippen LogP contribution in [-0.2, 0) is 0 Å². The first-order valence-corrected chi connectivity index (χ1v) is 9.78. The van der Waals surface area contributed by atoms with Gasteiger partial charge in [0.25, 0.3) is 0 Å². The van der Waals surface area contributed by atoms with E-state index >= 15 is 0 Å². The van der Waals surface area contributed by atoms with Gasteiger partial charge in [-0.15, -0.1) is 0 Å². The van der Waals surface area contributed by atoms with Crippen molar-refractivity contribution in [2.75, 3.05) is 11.9 Å². The Morgan fingerprint density at radius 3 is 2.67 bits per heavy atom. The van der Waals surface area contributed by atoms with E-state index in [0.29, 0.717) is 29.3 Å². The van der Waals surface area contributed by atoms with Gasteiger partial charge in [-0.25, -0.2) is 4.98 Å². The van der Waals surface area contributed by atoms with Gasteiger partial charge in [0, 0.05) is 23.3 Å². The van der Waals surface area contributed by atoms with Crippen LogP contribution >= 0.6 is 0 Å². The molecule has 2 heterocycles. The number of nitrogens with one attached hydrogen (secondary N) is 1. The number of anilines is 1. The van der Waals surface area contributed by atoms with Crippen LogP contribution in [0.3, 0.4) is 0 Å². The van der Waals surface area contributed by atoms with Gasteiger partial charge in [-0.1, -0.05) is 24.3 Å².